The van der Waals surface area contributed by atoms with E-state index in [-0.39, 0.29) is 5.84 Å². The van der Waals surface area contributed by atoms with Crippen molar-refractivity contribution in [3.05, 3.63) is 28.5 Å². The number of aromatic amines is 1. The summed E-state index contributed by atoms with van der Waals surface area (Å²) < 4.78 is 0. The second kappa shape index (κ2) is 2.99. The summed E-state index contributed by atoms with van der Waals surface area (Å²) in [5.41, 5.74) is 7.50. The summed E-state index contributed by atoms with van der Waals surface area (Å²) in [7, 11) is 0. The van der Waals surface area contributed by atoms with Crippen LogP contribution in [0.15, 0.2) is 12.1 Å². The standard InChI is InChI=1S/C9H9ClN4/c1-4-13-7-3-5(9(11)12)2-6(10)8(7)14-4/h2-3H,1H3,(H3,11,12)(H,13,14). The monoisotopic (exact) mass is 208 g/mol. The van der Waals surface area contributed by atoms with E-state index in [2.05, 4.69) is 9.97 Å². The van der Waals surface area contributed by atoms with Gasteiger partial charge in [-0.05, 0) is 19.1 Å². The highest BCUT2D eigenvalue weighted by molar-refractivity contribution is 6.35. The summed E-state index contributed by atoms with van der Waals surface area (Å²) in [6.07, 6.45) is 0. The number of aryl methyl sites for hydroxylation is 1. The molecule has 0 aliphatic heterocycles. The molecule has 4 nitrogen and oxygen atoms in total. The van der Waals surface area contributed by atoms with Crippen LogP contribution in [0.5, 0.6) is 0 Å². The molecule has 1 aromatic carbocycles. The Morgan fingerprint density at radius 2 is 2.29 bits per heavy atom. The molecule has 1 heterocycles. The molecule has 5 heteroatoms. The lowest BCUT2D eigenvalue weighted by Gasteiger charge is -1.99. The number of rotatable bonds is 1. The van der Waals surface area contributed by atoms with E-state index in [0.717, 1.165) is 11.3 Å². The normalized spacial score (nSPS) is 10.7. The predicted molar refractivity (Wildman–Crippen MR) is 56.9 cm³/mol. The number of nitrogen functional groups attached to an aromatic ring is 1. The van der Waals surface area contributed by atoms with Crippen molar-refractivity contribution in [3.8, 4) is 0 Å². The highest BCUT2D eigenvalue weighted by atomic mass is 35.5. The number of fused-ring (bicyclic) bond motifs is 1. The summed E-state index contributed by atoms with van der Waals surface area (Å²) in [4.78, 5) is 7.26. The second-order valence-corrected chi connectivity index (χ2v) is 3.50. The van der Waals surface area contributed by atoms with E-state index in [1.54, 1.807) is 12.1 Å². The molecule has 0 aliphatic rings. The minimum absolute atomic E-state index is 0.000975. The van der Waals surface area contributed by atoms with E-state index < -0.39 is 0 Å². The van der Waals surface area contributed by atoms with Crippen molar-refractivity contribution in [1.82, 2.24) is 9.97 Å². The van der Waals surface area contributed by atoms with Gasteiger partial charge >= 0.3 is 0 Å². The van der Waals surface area contributed by atoms with E-state index in [1.165, 1.54) is 0 Å². The fourth-order valence-electron chi connectivity index (χ4n) is 1.35. The lowest BCUT2D eigenvalue weighted by Crippen LogP contribution is -2.10. The van der Waals surface area contributed by atoms with Gasteiger partial charge in [0.05, 0.1) is 10.5 Å². The van der Waals surface area contributed by atoms with Crippen molar-refractivity contribution < 1.29 is 0 Å². The van der Waals surface area contributed by atoms with E-state index in [0.29, 0.717) is 16.1 Å². The van der Waals surface area contributed by atoms with Gasteiger partial charge < -0.3 is 10.7 Å². The molecule has 0 unspecified atom stereocenters. The summed E-state index contributed by atoms with van der Waals surface area (Å²) in [5.74, 6) is 0.795. The number of nitrogens with one attached hydrogen (secondary N) is 2. The number of H-pyrrole nitrogens is 1. The van der Waals surface area contributed by atoms with Crippen LogP contribution in [0.2, 0.25) is 5.02 Å². The van der Waals surface area contributed by atoms with Crippen LogP contribution >= 0.6 is 11.6 Å². The van der Waals surface area contributed by atoms with Gasteiger partial charge in [0.1, 0.15) is 17.2 Å². The van der Waals surface area contributed by atoms with Gasteiger partial charge in [0.2, 0.25) is 0 Å². The number of imidazole rings is 1. The van der Waals surface area contributed by atoms with Gasteiger partial charge in [0.15, 0.2) is 0 Å². The molecule has 0 bridgehead atoms. The molecule has 1 aromatic heterocycles. The molecule has 0 atom stereocenters. The van der Waals surface area contributed by atoms with Crippen molar-refractivity contribution >= 4 is 28.5 Å². The van der Waals surface area contributed by atoms with Crippen LogP contribution in [-0.2, 0) is 0 Å². The number of hydrogen-bond acceptors (Lipinski definition) is 2. The maximum Gasteiger partial charge on any atom is 0.122 e. The van der Waals surface area contributed by atoms with Crippen molar-refractivity contribution in [2.24, 2.45) is 5.73 Å². The van der Waals surface area contributed by atoms with Crippen LogP contribution in [-0.4, -0.2) is 15.8 Å². The number of nitrogens with two attached hydrogens (primary N) is 1. The molecule has 0 radical (unpaired) electrons. The summed E-state index contributed by atoms with van der Waals surface area (Å²) in [6, 6.07) is 3.41. The maximum absolute atomic E-state index is 7.30. The fourth-order valence-corrected chi connectivity index (χ4v) is 1.62. The van der Waals surface area contributed by atoms with E-state index in [4.69, 9.17) is 22.7 Å². The highest BCUT2D eigenvalue weighted by Crippen LogP contribution is 2.23. The average Bonchev–Trinajstić information content (AvgIpc) is 2.45. The Morgan fingerprint density at radius 3 is 2.93 bits per heavy atom. The number of halogens is 1. The number of benzene rings is 1. The van der Waals surface area contributed by atoms with Crippen LogP contribution in [0.4, 0.5) is 0 Å². The molecule has 0 saturated carbocycles. The number of aromatic nitrogens is 2. The lowest BCUT2D eigenvalue weighted by molar-refractivity contribution is 1.17. The quantitative estimate of drug-likeness (QED) is 0.494. The second-order valence-electron chi connectivity index (χ2n) is 3.09. The summed E-state index contributed by atoms with van der Waals surface area (Å²) in [6.45, 7) is 1.85. The van der Waals surface area contributed by atoms with Gasteiger partial charge in [-0.15, -0.1) is 0 Å². The van der Waals surface area contributed by atoms with Crippen molar-refractivity contribution in [1.29, 1.82) is 5.41 Å². The van der Waals surface area contributed by atoms with Crippen molar-refractivity contribution in [2.45, 2.75) is 6.92 Å². The largest absolute Gasteiger partial charge is 0.384 e. The van der Waals surface area contributed by atoms with Crippen molar-refractivity contribution in [3.63, 3.8) is 0 Å². The molecular formula is C9H9ClN4. The van der Waals surface area contributed by atoms with Crippen LogP contribution in [0.1, 0.15) is 11.4 Å². The molecular weight excluding hydrogens is 200 g/mol. The van der Waals surface area contributed by atoms with Gasteiger partial charge in [-0.25, -0.2) is 4.98 Å². The highest BCUT2D eigenvalue weighted by Gasteiger charge is 2.07. The lowest BCUT2D eigenvalue weighted by atomic mass is 10.2. The molecule has 0 aliphatic carbocycles. The van der Waals surface area contributed by atoms with Gasteiger partial charge in [0.25, 0.3) is 0 Å². The minimum atomic E-state index is 0.000975. The Kier molecular flexibility index (Phi) is 1.93. The first kappa shape index (κ1) is 9.02. The fraction of sp³-hybridized carbons (Fsp3) is 0.111. The number of hydrogen-bond donors (Lipinski definition) is 3. The Bertz CT molecular complexity index is 515. The van der Waals surface area contributed by atoms with Crippen LogP contribution in [0.3, 0.4) is 0 Å². The third-order valence-corrected chi connectivity index (χ3v) is 2.26. The van der Waals surface area contributed by atoms with Gasteiger partial charge in [0, 0.05) is 5.56 Å². The summed E-state index contributed by atoms with van der Waals surface area (Å²) in [5, 5.41) is 7.81. The third-order valence-electron chi connectivity index (χ3n) is 1.97. The molecule has 0 fully saturated rings. The van der Waals surface area contributed by atoms with E-state index in [9.17, 15) is 0 Å². The maximum atomic E-state index is 7.30. The Hall–Kier alpha value is -1.55. The smallest absolute Gasteiger partial charge is 0.122 e. The Labute approximate surface area is 85.6 Å². The Balaban J connectivity index is 2.77. The molecule has 0 amide bonds. The molecule has 2 aromatic rings. The Morgan fingerprint density at radius 1 is 1.57 bits per heavy atom. The predicted octanol–water partition coefficient (Wildman–Crippen LogP) is 1.81. The van der Waals surface area contributed by atoms with Gasteiger partial charge in [-0.3, -0.25) is 5.41 Å². The topological polar surface area (TPSA) is 78.6 Å². The molecule has 72 valence electrons. The van der Waals surface area contributed by atoms with Crippen LogP contribution in [0.25, 0.3) is 11.0 Å². The van der Waals surface area contributed by atoms with E-state index >= 15 is 0 Å². The first-order valence-electron chi connectivity index (χ1n) is 4.08. The average molecular weight is 209 g/mol. The van der Waals surface area contributed by atoms with Crippen LogP contribution in [0, 0.1) is 12.3 Å². The summed E-state index contributed by atoms with van der Waals surface area (Å²) >= 11 is 5.98. The first-order chi connectivity index (χ1) is 6.58. The van der Waals surface area contributed by atoms with Gasteiger partial charge in [-0.1, -0.05) is 11.6 Å². The van der Waals surface area contributed by atoms with E-state index in [1.807, 2.05) is 6.92 Å². The molecule has 14 heavy (non-hydrogen) atoms. The number of amidine groups is 1. The van der Waals surface area contributed by atoms with Crippen LogP contribution < -0.4 is 5.73 Å². The molecule has 0 saturated heterocycles. The zero-order valence-corrected chi connectivity index (χ0v) is 8.31. The van der Waals surface area contributed by atoms with Gasteiger partial charge in [-0.2, -0.15) is 0 Å². The minimum Gasteiger partial charge on any atom is -0.384 e. The zero-order valence-electron chi connectivity index (χ0n) is 7.56. The zero-order chi connectivity index (χ0) is 10.3. The number of nitrogens with zero attached hydrogens (tertiary/aromatic N) is 1. The van der Waals surface area contributed by atoms with Crippen molar-refractivity contribution in [2.75, 3.05) is 0 Å². The third kappa shape index (κ3) is 1.33. The molecule has 4 N–H and O–H groups in total. The first-order valence-corrected chi connectivity index (χ1v) is 4.46. The molecule has 0 spiro atoms. The SMILES string of the molecule is Cc1nc2c(Cl)cc(C(=N)N)cc2[nH]1. The molecule has 2 rings (SSSR count).